The average Bonchev–Trinajstić information content (AvgIpc) is 2.14. The van der Waals surface area contributed by atoms with Crippen LogP contribution in [0.25, 0.3) is 0 Å². The summed E-state index contributed by atoms with van der Waals surface area (Å²) < 4.78 is 30.1. The molecular formula is C9H10O4. The monoisotopic (exact) mass is 185 g/mol. The second-order valence-electron chi connectivity index (χ2n) is 2.24. The fraction of sp³-hybridized carbons (Fsp3) is 0.222. The maximum Gasteiger partial charge on any atom is 0.343 e. The van der Waals surface area contributed by atoms with E-state index in [4.69, 9.17) is 14.0 Å². The van der Waals surface area contributed by atoms with Crippen LogP contribution in [0.2, 0.25) is 0 Å². The fourth-order valence-electron chi connectivity index (χ4n) is 0.977. The molecule has 0 spiro atoms. The van der Waals surface area contributed by atoms with Gasteiger partial charge in [-0.2, -0.15) is 0 Å². The molecule has 0 heterocycles. The highest BCUT2D eigenvalue weighted by atomic mass is 16.5. The van der Waals surface area contributed by atoms with Gasteiger partial charge in [0.25, 0.3) is 0 Å². The third kappa shape index (κ3) is 1.72. The topological polar surface area (TPSA) is 55.8 Å². The molecule has 1 aromatic carbocycles. The molecule has 13 heavy (non-hydrogen) atoms. The minimum atomic E-state index is -2.70. The van der Waals surface area contributed by atoms with Crippen LogP contribution in [0.5, 0.6) is 11.5 Å². The Morgan fingerprint density at radius 3 is 2.54 bits per heavy atom. The van der Waals surface area contributed by atoms with Crippen molar-refractivity contribution in [1.29, 1.82) is 0 Å². The van der Waals surface area contributed by atoms with Crippen LogP contribution in [0.4, 0.5) is 0 Å². The molecule has 0 saturated carbocycles. The maximum atomic E-state index is 10.9. The Hall–Kier alpha value is -1.71. The second kappa shape index (κ2) is 3.80. The summed E-state index contributed by atoms with van der Waals surface area (Å²) in [7, 11) is -1.41. The predicted octanol–water partition coefficient (Wildman–Crippen LogP) is 1.40. The Bertz CT molecular complexity index is 400. The Morgan fingerprint density at radius 2 is 2.08 bits per heavy atom. The molecular weight excluding hydrogens is 172 g/mol. The molecule has 0 aliphatic heterocycles. The molecule has 1 rings (SSSR count). The lowest BCUT2D eigenvalue weighted by Gasteiger charge is -2.08. The first-order valence-corrected chi connectivity index (χ1v) is 3.44. The van der Waals surface area contributed by atoms with Crippen molar-refractivity contribution in [3.05, 3.63) is 23.8 Å². The number of hydrogen-bond acceptors (Lipinski definition) is 3. The highest BCUT2D eigenvalue weighted by Crippen LogP contribution is 2.27. The van der Waals surface area contributed by atoms with Crippen LogP contribution < -0.4 is 9.47 Å². The zero-order valence-corrected chi connectivity index (χ0v) is 6.90. The molecule has 0 saturated heterocycles. The van der Waals surface area contributed by atoms with Crippen molar-refractivity contribution in [3.8, 4) is 11.5 Å². The van der Waals surface area contributed by atoms with Gasteiger partial charge in [0.2, 0.25) is 0 Å². The van der Waals surface area contributed by atoms with E-state index in [2.05, 4.69) is 4.74 Å². The van der Waals surface area contributed by atoms with Crippen molar-refractivity contribution in [2.24, 2.45) is 0 Å². The first kappa shape index (κ1) is 5.85. The number of rotatable bonds is 3. The van der Waals surface area contributed by atoms with Gasteiger partial charge in [0.1, 0.15) is 17.1 Å². The molecule has 0 fully saturated rings. The van der Waals surface area contributed by atoms with Crippen LogP contribution in [-0.4, -0.2) is 25.2 Å². The number of carbonyl (C=O) groups is 1. The molecule has 4 nitrogen and oxygen atoms in total. The third-order valence-corrected chi connectivity index (χ3v) is 1.53. The Kier molecular flexibility index (Phi) is 1.71. The van der Waals surface area contributed by atoms with Gasteiger partial charge in [0.15, 0.2) is 0 Å². The van der Waals surface area contributed by atoms with Crippen LogP contribution in [0, 0.1) is 0 Å². The first-order chi connectivity index (χ1) is 7.35. The van der Waals surface area contributed by atoms with E-state index in [0.717, 1.165) is 0 Å². The van der Waals surface area contributed by atoms with Crippen LogP contribution >= 0.6 is 0 Å². The van der Waals surface area contributed by atoms with Crippen molar-refractivity contribution >= 4 is 5.97 Å². The number of carboxylic acids is 1. The van der Waals surface area contributed by atoms with Crippen molar-refractivity contribution in [3.63, 3.8) is 0 Å². The minimum Gasteiger partial charge on any atom is -0.496 e. The smallest absolute Gasteiger partial charge is 0.343 e. The lowest BCUT2D eigenvalue weighted by atomic mass is 10.2. The molecule has 0 aliphatic carbocycles. The van der Waals surface area contributed by atoms with E-state index in [1.165, 1.54) is 25.3 Å². The quantitative estimate of drug-likeness (QED) is 0.773. The van der Waals surface area contributed by atoms with E-state index in [9.17, 15) is 4.79 Å². The molecule has 0 amide bonds. The van der Waals surface area contributed by atoms with Crippen LogP contribution in [-0.2, 0) is 0 Å². The van der Waals surface area contributed by atoms with Crippen molar-refractivity contribution < 1.29 is 23.5 Å². The zero-order chi connectivity index (χ0) is 12.3. The Morgan fingerprint density at radius 1 is 1.46 bits per heavy atom. The standard InChI is InChI=1S/C9H10O4/c1-12-6-4-3-5-7(13-2)8(6)9(10)11/h3-5H,1-2H3,(H,10,11)/i1D3. The van der Waals surface area contributed by atoms with Gasteiger partial charge >= 0.3 is 5.97 Å². The number of hydrogen-bond donors (Lipinski definition) is 1. The maximum absolute atomic E-state index is 10.9. The second-order valence-corrected chi connectivity index (χ2v) is 2.24. The summed E-state index contributed by atoms with van der Waals surface area (Å²) in [4.78, 5) is 10.9. The molecule has 0 aliphatic rings. The van der Waals surface area contributed by atoms with Crippen molar-refractivity contribution in [2.75, 3.05) is 14.1 Å². The minimum absolute atomic E-state index is 0.0502. The average molecular weight is 185 g/mol. The zero-order valence-electron chi connectivity index (χ0n) is 9.90. The molecule has 0 bridgehead atoms. The largest absolute Gasteiger partial charge is 0.496 e. The number of aromatic carboxylic acids is 1. The number of carboxylic acid groups (broad SMARTS) is 1. The summed E-state index contributed by atoms with van der Waals surface area (Å²) in [5.41, 5.74) is -0.305. The van der Waals surface area contributed by atoms with Gasteiger partial charge in [-0.1, -0.05) is 6.07 Å². The molecule has 1 N–H and O–H groups in total. The highest BCUT2D eigenvalue weighted by Gasteiger charge is 2.16. The van der Waals surface area contributed by atoms with Gasteiger partial charge in [-0.05, 0) is 12.1 Å². The molecule has 4 heteroatoms. The summed E-state index contributed by atoms with van der Waals surface area (Å²) in [5, 5.41) is 8.93. The van der Waals surface area contributed by atoms with E-state index in [-0.39, 0.29) is 17.1 Å². The Balaban J connectivity index is 3.22. The first-order valence-electron chi connectivity index (χ1n) is 4.94. The number of ether oxygens (including phenoxy) is 2. The van der Waals surface area contributed by atoms with Crippen molar-refractivity contribution in [2.45, 2.75) is 0 Å². The van der Waals surface area contributed by atoms with E-state index in [1.807, 2.05) is 0 Å². The van der Waals surface area contributed by atoms with Crippen molar-refractivity contribution in [1.82, 2.24) is 0 Å². The lowest BCUT2D eigenvalue weighted by Crippen LogP contribution is -2.03. The Labute approximate surface area is 79.9 Å². The molecule has 1 aromatic rings. The fourth-order valence-corrected chi connectivity index (χ4v) is 0.977. The lowest BCUT2D eigenvalue weighted by molar-refractivity contribution is 0.0689. The summed E-state index contributed by atoms with van der Waals surface area (Å²) in [6.07, 6.45) is 0. The normalized spacial score (nSPS) is 13.8. The van der Waals surface area contributed by atoms with E-state index < -0.39 is 13.0 Å². The number of benzene rings is 1. The van der Waals surface area contributed by atoms with Gasteiger partial charge < -0.3 is 14.6 Å². The van der Waals surface area contributed by atoms with Gasteiger partial charge in [-0.3, -0.25) is 0 Å². The van der Waals surface area contributed by atoms with E-state index in [0.29, 0.717) is 0 Å². The summed E-state index contributed by atoms with van der Waals surface area (Å²) >= 11 is 0. The van der Waals surface area contributed by atoms with Crippen LogP contribution in [0.1, 0.15) is 14.5 Å². The SMILES string of the molecule is [2H]C([2H])([2H])Oc1cccc(OC)c1C(=O)O. The third-order valence-electron chi connectivity index (χ3n) is 1.53. The molecule has 0 unspecified atom stereocenters. The summed E-state index contributed by atoms with van der Waals surface area (Å²) in [6.45, 7) is 0. The van der Waals surface area contributed by atoms with Gasteiger partial charge in [-0.15, -0.1) is 0 Å². The van der Waals surface area contributed by atoms with Crippen LogP contribution in [0.3, 0.4) is 0 Å². The molecule has 0 radical (unpaired) electrons. The van der Waals surface area contributed by atoms with E-state index in [1.54, 1.807) is 0 Å². The number of methoxy groups -OCH3 is 2. The van der Waals surface area contributed by atoms with Crippen LogP contribution in [0.15, 0.2) is 18.2 Å². The molecule has 0 aromatic heterocycles. The highest BCUT2D eigenvalue weighted by molar-refractivity contribution is 5.94. The summed E-state index contributed by atoms with van der Waals surface area (Å²) in [6, 6.07) is 4.13. The predicted molar refractivity (Wildman–Crippen MR) is 46.5 cm³/mol. The molecule has 70 valence electrons. The van der Waals surface area contributed by atoms with Gasteiger partial charge in [0, 0.05) is 0 Å². The molecule has 0 atom stereocenters. The van der Waals surface area contributed by atoms with Gasteiger partial charge in [-0.25, -0.2) is 4.79 Å². The van der Waals surface area contributed by atoms with Gasteiger partial charge in [0.05, 0.1) is 18.3 Å². The summed E-state index contributed by atoms with van der Waals surface area (Å²) in [5.74, 6) is -1.50. The van der Waals surface area contributed by atoms with E-state index >= 15 is 0 Å².